The van der Waals surface area contributed by atoms with Crippen molar-refractivity contribution >= 4 is 5.91 Å². The van der Waals surface area contributed by atoms with E-state index < -0.39 is 18.2 Å². The summed E-state index contributed by atoms with van der Waals surface area (Å²) in [7, 11) is 0. The molecule has 3 atom stereocenters. The van der Waals surface area contributed by atoms with E-state index in [1.54, 1.807) is 0 Å². The fourth-order valence-electron chi connectivity index (χ4n) is 8.29. The topological polar surface area (TPSA) is 89.8 Å². The fraction of sp³-hybridized carbons (Fsp3) is 0.873. The monoisotopic (exact) mass is 844 g/mol. The van der Waals surface area contributed by atoms with Gasteiger partial charge in [-0.25, -0.2) is 0 Å². The number of aliphatic hydroxyl groups excluding tert-OH is 3. The third-order valence-corrected chi connectivity index (χ3v) is 12.4. The van der Waals surface area contributed by atoms with Gasteiger partial charge in [0.15, 0.2) is 0 Å². The van der Waals surface area contributed by atoms with Gasteiger partial charge in [0.2, 0.25) is 5.91 Å². The molecule has 0 aromatic rings. The molecule has 0 aliphatic heterocycles. The molecule has 60 heavy (non-hydrogen) atoms. The summed E-state index contributed by atoms with van der Waals surface area (Å²) in [6, 6.07) is -0.831. The molecule has 0 radical (unpaired) electrons. The van der Waals surface area contributed by atoms with Gasteiger partial charge in [0.1, 0.15) is 6.10 Å². The molecule has 0 heterocycles. The fourth-order valence-corrected chi connectivity index (χ4v) is 8.29. The van der Waals surface area contributed by atoms with Crippen molar-refractivity contribution in [3.63, 3.8) is 0 Å². The summed E-state index contributed by atoms with van der Waals surface area (Å²) in [4.78, 5) is 12.5. The number of nitrogens with one attached hydrogen (secondary N) is 1. The summed E-state index contributed by atoms with van der Waals surface area (Å²) in [6.07, 6.45) is 64.4. The van der Waals surface area contributed by atoms with E-state index in [0.29, 0.717) is 12.8 Å². The average Bonchev–Trinajstić information content (AvgIpc) is 3.25. The number of hydrogen-bond donors (Lipinski definition) is 4. The Morgan fingerprint density at radius 1 is 0.400 bits per heavy atom. The minimum Gasteiger partial charge on any atom is -0.394 e. The number of carbonyl (C=O) groups is 1. The molecule has 5 heteroatoms. The number of unbranched alkanes of at least 4 members (excludes halogenated alkanes) is 35. The van der Waals surface area contributed by atoms with Crippen LogP contribution < -0.4 is 5.32 Å². The Morgan fingerprint density at radius 3 is 1.02 bits per heavy atom. The Labute approximate surface area is 374 Å². The second-order valence-corrected chi connectivity index (χ2v) is 18.4. The molecular weight excluding hydrogens is 739 g/mol. The van der Waals surface area contributed by atoms with Gasteiger partial charge in [0.05, 0.1) is 18.8 Å². The van der Waals surface area contributed by atoms with Gasteiger partial charge in [-0.15, -0.1) is 0 Å². The van der Waals surface area contributed by atoms with E-state index in [1.807, 2.05) is 0 Å². The van der Waals surface area contributed by atoms with Gasteiger partial charge >= 0.3 is 0 Å². The first-order valence-corrected chi connectivity index (χ1v) is 26.8. The summed E-state index contributed by atoms with van der Waals surface area (Å²) in [5.74, 6) is -0.156. The van der Waals surface area contributed by atoms with Crippen LogP contribution >= 0.6 is 0 Å². The number of rotatable bonds is 49. The maximum atomic E-state index is 12.5. The van der Waals surface area contributed by atoms with Crippen molar-refractivity contribution in [3.05, 3.63) is 36.5 Å². The van der Waals surface area contributed by atoms with Gasteiger partial charge in [-0.05, 0) is 77.0 Å². The van der Waals surface area contributed by atoms with Crippen molar-refractivity contribution in [1.29, 1.82) is 0 Å². The van der Waals surface area contributed by atoms with Crippen molar-refractivity contribution in [3.8, 4) is 0 Å². The maximum Gasteiger partial charge on any atom is 0.220 e. The van der Waals surface area contributed by atoms with Crippen LogP contribution in [0.2, 0.25) is 0 Å². The van der Waals surface area contributed by atoms with Crippen molar-refractivity contribution in [2.45, 2.75) is 302 Å². The summed E-state index contributed by atoms with van der Waals surface area (Å²) in [5.41, 5.74) is 0. The van der Waals surface area contributed by atoms with Crippen molar-refractivity contribution in [1.82, 2.24) is 5.32 Å². The largest absolute Gasteiger partial charge is 0.394 e. The SMILES string of the molecule is CCCCCCC/C=C/CC/C=C/CCCC(O)C(O)C(CO)NC(=O)CCCCCCCCCCCCCCCCCC/C=C\CCCCCCCCCCCCCC. The zero-order chi connectivity index (χ0) is 43.7. The van der Waals surface area contributed by atoms with Crippen LogP contribution in [0.3, 0.4) is 0 Å². The van der Waals surface area contributed by atoms with Crippen LogP contribution in [-0.2, 0) is 4.79 Å². The molecule has 0 aliphatic rings. The van der Waals surface area contributed by atoms with E-state index in [4.69, 9.17) is 0 Å². The number of hydrogen-bond acceptors (Lipinski definition) is 4. The first kappa shape index (κ1) is 58.6. The second-order valence-electron chi connectivity index (χ2n) is 18.4. The highest BCUT2D eigenvalue weighted by Gasteiger charge is 2.26. The lowest BCUT2D eigenvalue weighted by molar-refractivity contribution is -0.124. The smallest absolute Gasteiger partial charge is 0.220 e. The highest BCUT2D eigenvalue weighted by molar-refractivity contribution is 5.76. The van der Waals surface area contributed by atoms with Gasteiger partial charge in [-0.2, -0.15) is 0 Å². The van der Waals surface area contributed by atoms with Crippen molar-refractivity contribution < 1.29 is 20.1 Å². The molecule has 0 saturated heterocycles. The average molecular weight is 844 g/mol. The number of carbonyl (C=O) groups excluding carboxylic acids is 1. The van der Waals surface area contributed by atoms with Gasteiger partial charge in [0, 0.05) is 6.42 Å². The van der Waals surface area contributed by atoms with Gasteiger partial charge in [-0.1, -0.05) is 237 Å². The standard InChI is InChI=1S/C55H105NO4/c1-3-5-7-9-11-13-15-17-19-20-21-22-23-24-25-26-27-28-29-30-31-32-33-34-35-36-38-40-42-44-46-48-50-54(59)56-52(51-57)55(60)53(58)49-47-45-43-41-39-37-18-16-14-12-10-8-6-4-2/h16,18,24-25,41,43,52-53,55,57-58,60H,3-15,17,19-23,26-40,42,44-51H2,1-2H3,(H,56,59)/b18-16+,25-24-,43-41+. The van der Waals surface area contributed by atoms with Crippen LogP contribution in [0.4, 0.5) is 0 Å². The highest BCUT2D eigenvalue weighted by atomic mass is 16.3. The van der Waals surface area contributed by atoms with E-state index in [1.165, 1.54) is 212 Å². The molecule has 0 spiro atoms. The maximum absolute atomic E-state index is 12.5. The van der Waals surface area contributed by atoms with Crippen LogP contribution in [0.15, 0.2) is 36.5 Å². The molecule has 0 aliphatic carbocycles. The van der Waals surface area contributed by atoms with Crippen molar-refractivity contribution in [2.75, 3.05) is 6.61 Å². The summed E-state index contributed by atoms with van der Waals surface area (Å²) < 4.78 is 0. The lowest BCUT2D eigenvalue weighted by atomic mass is 10.0. The van der Waals surface area contributed by atoms with Crippen LogP contribution in [-0.4, -0.2) is 46.1 Å². The molecule has 1 amide bonds. The molecule has 0 bridgehead atoms. The molecule has 5 nitrogen and oxygen atoms in total. The third kappa shape index (κ3) is 44.6. The third-order valence-electron chi connectivity index (χ3n) is 12.4. The first-order valence-electron chi connectivity index (χ1n) is 26.8. The van der Waals surface area contributed by atoms with E-state index in [0.717, 1.165) is 44.9 Å². The second kappa shape index (κ2) is 50.2. The Hall–Kier alpha value is -1.43. The lowest BCUT2D eigenvalue weighted by Crippen LogP contribution is -2.50. The zero-order valence-corrected chi connectivity index (χ0v) is 40.4. The Bertz CT molecular complexity index is 931. The Balaban J connectivity index is 3.52. The molecule has 0 rings (SSSR count). The predicted molar refractivity (Wildman–Crippen MR) is 264 cm³/mol. The summed E-state index contributed by atoms with van der Waals surface area (Å²) in [6.45, 7) is 4.16. The van der Waals surface area contributed by atoms with Crippen LogP contribution in [0.5, 0.6) is 0 Å². The van der Waals surface area contributed by atoms with Gasteiger partial charge in [0.25, 0.3) is 0 Å². The minimum atomic E-state index is -1.17. The first-order chi connectivity index (χ1) is 29.6. The minimum absolute atomic E-state index is 0.156. The van der Waals surface area contributed by atoms with Crippen LogP contribution in [0.25, 0.3) is 0 Å². The summed E-state index contributed by atoms with van der Waals surface area (Å²) >= 11 is 0. The van der Waals surface area contributed by atoms with Crippen molar-refractivity contribution in [2.24, 2.45) is 0 Å². The molecule has 0 aromatic carbocycles. The molecule has 3 unspecified atom stereocenters. The number of allylic oxidation sites excluding steroid dienone is 6. The molecule has 0 aromatic heterocycles. The number of amides is 1. The zero-order valence-electron chi connectivity index (χ0n) is 40.4. The molecule has 0 saturated carbocycles. The molecule has 4 N–H and O–H groups in total. The Kier molecular flexibility index (Phi) is 49.0. The van der Waals surface area contributed by atoms with E-state index >= 15 is 0 Å². The molecule has 0 fully saturated rings. The predicted octanol–water partition coefficient (Wildman–Crippen LogP) is 16.3. The normalized spacial score (nSPS) is 13.6. The number of aliphatic hydroxyl groups is 3. The van der Waals surface area contributed by atoms with Crippen LogP contribution in [0, 0.1) is 0 Å². The highest BCUT2D eigenvalue weighted by Crippen LogP contribution is 2.17. The van der Waals surface area contributed by atoms with Gasteiger partial charge < -0.3 is 20.6 Å². The van der Waals surface area contributed by atoms with E-state index in [9.17, 15) is 20.1 Å². The van der Waals surface area contributed by atoms with Gasteiger partial charge in [-0.3, -0.25) is 4.79 Å². The summed E-state index contributed by atoms with van der Waals surface area (Å²) in [5, 5.41) is 33.6. The molecular formula is C55H105NO4. The molecule has 354 valence electrons. The Morgan fingerprint density at radius 2 is 0.683 bits per heavy atom. The quantitative estimate of drug-likeness (QED) is 0.0363. The van der Waals surface area contributed by atoms with E-state index in [-0.39, 0.29) is 12.5 Å². The van der Waals surface area contributed by atoms with E-state index in [2.05, 4.69) is 55.6 Å². The van der Waals surface area contributed by atoms with Crippen LogP contribution in [0.1, 0.15) is 284 Å². The lowest BCUT2D eigenvalue weighted by Gasteiger charge is -2.26.